The quantitative estimate of drug-likeness (QED) is 0.297. The van der Waals surface area contributed by atoms with Crippen molar-refractivity contribution in [3.63, 3.8) is 0 Å². The number of esters is 3. The van der Waals surface area contributed by atoms with Crippen LogP contribution in [0.5, 0.6) is 0 Å². The number of anilines is 1. The van der Waals surface area contributed by atoms with E-state index in [0.717, 1.165) is 96.3 Å². The standard InChI is InChI=1S/C34H45N5O7/c35-20-34(28-17-16-26-30(36)37-21-38-39(26)28)25(18-43-31(40)22-10-4-1-5-11-22)29(45-33(42)24-14-8-3-9-15-24)27(46-34)19-44-32(41)23-12-6-2-7-13-23/h16-17,21-25,27,29H,1-15,18-19H2,(H2,36,37,38)/t25-,27-,29+,34-/m1/s1. The van der Waals surface area contributed by atoms with Gasteiger partial charge in [-0.25, -0.2) is 9.50 Å². The number of nitriles is 1. The molecule has 4 fully saturated rings. The van der Waals surface area contributed by atoms with Crippen molar-refractivity contribution in [1.29, 1.82) is 5.26 Å². The number of nitrogens with two attached hydrogens (primary N) is 1. The molecule has 0 bridgehead atoms. The minimum absolute atomic E-state index is 0.194. The zero-order chi connectivity index (χ0) is 32.1. The van der Waals surface area contributed by atoms with E-state index >= 15 is 0 Å². The van der Waals surface area contributed by atoms with Crippen molar-refractivity contribution in [3.05, 3.63) is 24.2 Å². The second-order valence-electron chi connectivity index (χ2n) is 13.4. The molecule has 2 aromatic rings. The fourth-order valence-electron chi connectivity index (χ4n) is 7.85. The van der Waals surface area contributed by atoms with Crippen LogP contribution in [0, 0.1) is 35.0 Å². The maximum absolute atomic E-state index is 13.6. The van der Waals surface area contributed by atoms with E-state index in [-0.39, 0.29) is 54.7 Å². The summed E-state index contributed by atoms with van der Waals surface area (Å²) < 4.78 is 26.1. The van der Waals surface area contributed by atoms with Crippen LogP contribution in [0.15, 0.2) is 18.5 Å². The predicted molar refractivity (Wildman–Crippen MR) is 165 cm³/mol. The molecular formula is C34H45N5O7. The molecule has 4 atom stereocenters. The van der Waals surface area contributed by atoms with E-state index in [0.29, 0.717) is 11.2 Å². The number of hydrogen-bond donors (Lipinski definition) is 1. The Balaban J connectivity index is 1.34. The first kappa shape index (κ1) is 32.2. The number of rotatable bonds is 9. The van der Waals surface area contributed by atoms with Crippen LogP contribution in [0.3, 0.4) is 0 Å². The Hall–Kier alpha value is -3.72. The molecule has 1 aliphatic heterocycles. The zero-order valence-corrected chi connectivity index (χ0v) is 26.4. The summed E-state index contributed by atoms with van der Waals surface area (Å²) in [7, 11) is 0. The van der Waals surface area contributed by atoms with Gasteiger partial charge in [-0.3, -0.25) is 14.4 Å². The summed E-state index contributed by atoms with van der Waals surface area (Å²) in [5.41, 5.74) is 5.15. The summed E-state index contributed by atoms with van der Waals surface area (Å²) in [6.45, 7) is -0.443. The topological polar surface area (TPSA) is 168 Å². The highest BCUT2D eigenvalue weighted by molar-refractivity contribution is 5.74. The predicted octanol–water partition coefficient (Wildman–Crippen LogP) is 4.78. The Morgan fingerprint density at radius 2 is 1.39 bits per heavy atom. The molecule has 46 heavy (non-hydrogen) atoms. The molecule has 0 aromatic carbocycles. The van der Waals surface area contributed by atoms with Crippen LogP contribution in [-0.4, -0.2) is 57.9 Å². The minimum atomic E-state index is -1.78. The van der Waals surface area contributed by atoms with Crippen molar-refractivity contribution < 1.29 is 33.3 Å². The molecule has 0 amide bonds. The van der Waals surface area contributed by atoms with Gasteiger partial charge < -0.3 is 24.7 Å². The Morgan fingerprint density at radius 1 is 0.848 bits per heavy atom. The molecule has 4 aliphatic rings. The van der Waals surface area contributed by atoms with Gasteiger partial charge in [-0.2, -0.15) is 10.4 Å². The normalized spacial score (nSPS) is 28.0. The van der Waals surface area contributed by atoms with Crippen LogP contribution in [0.25, 0.3) is 5.52 Å². The first-order valence-corrected chi connectivity index (χ1v) is 17.1. The molecule has 2 N–H and O–H groups in total. The van der Waals surface area contributed by atoms with E-state index in [4.69, 9.17) is 24.7 Å². The van der Waals surface area contributed by atoms with Crippen molar-refractivity contribution >= 4 is 29.2 Å². The van der Waals surface area contributed by atoms with Gasteiger partial charge in [0.2, 0.25) is 5.60 Å². The Labute approximate surface area is 269 Å². The van der Waals surface area contributed by atoms with Crippen LogP contribution < -0.4 is 5.73 Å². The van der Waals surface area contributed by atoms with Crippen LogP contribution in [0.1, 0.15) is 102 Å². The summed E-state index contributed by atoms with van der Waals surface area (Å²) in [6, 6.07) is 5.71. The van der Waals surface area contributed by atoms with Crippen molar-refractivity contribution in [2.45, 2.75) is 114 Å². The van der Waals surface area contributed by atoms with E-state index in [1.807, 2.05) is 0 Å². The molecule has 3 aliphatic carbocycles. The highest BCUT2D eigenvalue weighted by Crippen LogP contribution is 2.47. The SMILES string of the molecule is N#C[C@@]1(c2ccc3c(N)ncnn23)O[C@H](COC(=O)C2CCCCC2)[C@@H](OC(=O)C2CCCCC2)[C@H]1COC(=O)C1CCCCC1. The second-order valence-corrected chi connectivity index (χ2v) is 13.4. The van der Waals surface area contributed by atoms with Crippen molar-refractivity contribution in [2.24, 2.45) is 23.7 Å². The molecule has 0 unspecified atom stereocenters. The molecule has 6 rings (SSSR count). The fourth-order valence-corrected chi connectivity index (χ4v) is 7.85. The van der Waals surface area contributed by atoms with Crippen molar-refractivity contribution in [1.82, 2.24) is 14.6 Å². The number of nitrogen functional groups attached to an aromatic ring is 1. The van der Waals surface area contributed by atoms with Gasteiger partial charge in [-0.05, 0) is 50.7 Å². The molecule has 0 radical (unpaired) electrons. The van der Waals surface area contributed by atoms with Gasteiger partial charge >= 0.3 is 17.9 Å². The maximum atomic E-state index is 13.6. The maximum Gasteiger partial charge on any atom is 0.309 e. The lowest BCUT2D eigenvalue weighted by Gasteiger charge is -2.30. The zero-order valence-electron chi connectivity index (χ0n) is 26.4. The molecule has 2 aromatic heterocycles. The molecule has 3 saturated carbocycles. The summed E-state index contributed by atoms with van der Waals surface area (Å²) in [4.78, 5) is 44.1. The minimum Gasteiger partial charge on any atom is -0.465 e. The number of nitrogens with zero attached hydrogens (tertiary/aromatic N) is 4. The molecule has 248 valence electrons. The van der Waals surface area contributed by atoms with E-state index in [1.54, 1.807) is 12.1 Å². The van der Waals surface area contributed by atoms with E-state index in [9.17, 15) is 19.6 Å². The molecule has 12 nitrogen and oxygen atoms in total. The van der Waals surface area contributed by atoms with Gasteiger partial charge in [-0.1, -0.05) is 57.8 Å². The number of hydrogen-bond acceptors (Lipinski definition) is 11. The van der Waals surface area contributed by atoms with E-state index in [1.165, 1.54) is 10.8 Å². The van der Waals surface area contributed by atoms with Gasteiger partial charge in [0, 0.05) is 0 Å². The van der Waals surface area contributed by atoms with Crippen LogP contribution in [0.2, 0.25) is 0 Å². The highest BCUT2D eigenvalue weighted by Gasteiger charge is 2.61. The molecule has 3 heterocycles. The van der Waals surface area contributed by atoms with Gasteiger partial charge in [0.1, 0.15) is 43.3 Å². The Bertz CT molecular complexity index is 1440. The van der Waals surface area contributed by atoms with Crippen LogP contribution >= 0.6 is 0 Å². The highest BCUT2D eigenvalue weighted by atomic mass is 16.6. The third-order valence-corrected chi connectivity index (χ3v) is 10.5. The summed E-state index contributed by atoms with van der Waals surface area (Å²) in [5.74, 6) is -2.43. The third kappa shape index (κ3) is 6.57. The molecular weight excluding hydrogens is 590 g/mol. The first-order chi connectivity index (χ1) is 22.4. The second kappa shape index (κ2) is 14.4. The van der Waals surface area contributed by atoms with E-state index in [2.05, 4.69) is 16.2 Å². The number of carbonyl (C=O) groups excluding carboxylic acids is 3. The summed E-state index contributed by atoms with van der Waals surface area (Å²) in [6.07, 6.45) is 12.7. The summed E-state index contributed by atoms with van der Waals surface area (Å²) >= 11 is 0. The monoisotopic (exact) mass is 635 g/mol. The smallest absolute Gasteiger partial charge is 0.309 e. The van der Waals surface area contributed by atoms with Gasteiger partial charge in [0.15, 0.2) is 5.82 Å². The lowest BCUT2D eigenvalue weighted by Crippen LogP contribution is -2.43. The third-order valence-electron chi connectivity index (χ3n) is 10.5. The van der Waals surface area contributed by atoms with Gasteiger partial charge in [-0.15, -0.1) is 0 Å². The first-order valence-electron chi connectivity index (χ1n) is 17.1. The van der Waals surface area contributed by atoms with E-state index < -0.39 is 23.7 Å². The summed E-state index contributed by atoms with van der Waals surface area (Å²) in [5, 5.41) is 15.3. The lowest BCUT2D eigenvalue weighted by molar-refractivity contribution is -0.166. The van der Waals surface area contributed by atoms with Crippen molar-refractivity contribution in [2.75, 3.05) is 18.9 Å². The average Bonchev–Trinajstić information content (AvgIpc) is 3.67. The number of carbonyl (C=O) groups is 3. The van der Waals surface area contributed by atoms with Gasteiger partial charge in [0.25, 0.3) is 0 Å². The molecule has 1 saturated heterocycles. The number of aromatic nitrogens is 3. The number of ether oxygens (including phenoxy) is 4. The average molecular weight is 636 g/mol. The van der Waals surface area contributed by atoms with Crippen molar-refractivity contribution in [3.8, 4) is 6.07 Å². The number of fused-ring (bicyclic) bond motifs is 1. The fraction of sp³-hybridized carbons (Fsp3) is 0.706. The molecule has 12 heteroatoms. The van der Waals surface area contributed by atoms with Crippen LogP contribution in [-0.2, 0) is 38.9 Å². The van der Waals surface area contributed by atoms with Gasteiger partial charge in [0.05, 0.1) is 29.4 Å². The lowest BCUT2D eigenvalue weighted by atomic mass is 9.83. The Kier molecular flexibility index (Phi) is 10.1. The molecule has 0 spiro atoms. The van der Waals surface area contributed by atoms with Crippen LogP contribution in [0.4, 0.5) is 5.82 Å². The largest absolute Gasteiger partial charge is 0.465 e. The Morgan fingerprint density at radius 3 is 1.96 bits per heavy atom.